The fourth-order valence-electron chi connectivity index (χ4n) is 3.09. The number of hydrogen-bond acceptors (Lipinski definition) is 5. The molecular weight excluding hydrogens is 356 g/mol. The maximum Gasteiger partial charge on any atom is 0.222 e. The molecule has 0 unspecified atom stereocenters. The second-order valence-electron chi connectivity index (χ2n) is 6.25. The van der Waals surface area contributed by atoms with Gasteiger partial charge in [0.05, 0.1) is 18.2 Å². The molecule has 0 fully saturated rings. The van der Waals surface area contributed by atoms with Gasteiger partial charge in [-0.15, -0.1) is 0 Å². The quantitative estimate of drug-likeness (QED) is 0.554. The Labute approximate surface area is 162 Å². The molecule has 0 aliphatic heterocycles. The lowest BCUT2D eigenvalue weighted by atomic mass is 10.2. The van der Waals surface area contributed by atoms with Crippen molar-refractivity contribution in [1.82, 2.24) is 14.5 Å². The third kappa shape index (κ3) is 3.61. The Hall–Kier alpha value is -2.99. The molecule has 0 saturated heterocycles. The van der Waals surface area contributed by atoms with Gasteiger partial charge in [-0.3, -0.25) is 0 Å². The second kappa shape index (κ2) is 7.32. The molecular formula is C21H20N4OS. The zero-order chi connectivity index (χ0) is 18.8. The summed E-state index contributed by atoms with van der Waals surface area (Å²) in [5.74, 6) is 1.14. The number of methoxy groups -OCH3 is 1. The van der Waals surface area contributed by atoms with Crippen LogP contribution < -0.4 is 10.5 Å². The molecule has 0 amide bonds. The SMILES string of the molecule is COc1ccc(Sc2cn(Cc3ccccc3)c3nc(N)nc(C)c23)cc1. The van der Waals surface area contributed by atoms with Crippen LogP contribution in [0.2, 0.25) is 0 Å². The number of aromatic nitrogens is 3. The number of benzene rings is 2. The van der Waals surface area contributed by atoms with Crippen LogP contribution in [0.1, 0.15) is 11.3 Å². The van der Waals surface area contributed by atoms with E-state index in [0.717, 1.165) is 38.8 Å². The van der Waals surface area contributed by atoms with Crippen LogP contribution in [0.4, 0.5) is 5.95 Å². The topological polar surface area (TPSA) is 66.0 Å². The molecule has 2 aromatic heterocycles. The van der Waals surface area contributed by atoms with Gasteiger partial charge in [0, 0.05) is 22.5 Å². The maximum atomic E-state index is 5.92. The Balaban J connectivity index is 1.77. The van der Waals surface area contributed by atoms with Gasteiger partial charge in [0.1, 0.15) is 11.4 Å². The summed E-state index contributed by atoms with van der Waals surface area (Å²) in [6.07, 6.45) is 2.13. The molecule has 0 spiro atoms. The number of anilines is 1. The van der Waals surface area contributed by atoms with E-state index in [9.17, 15) is 0 Å². The van der Waals surface area contributed by atoms with E-state index in [1.54, 1.807) is 18.9 Å². The highest BCUT2D eigenvalue weighted by Crippen LogP contribution is 2.36. The first-order valence-electron chi connectivity index (χ1n) is 8.63. The van der Waals surface area contributed by atoms with Crippen LogP contribution in [0.5, 0.6) is 5.75 Å². The molecule has 6 heteroatoms. The van der Waals surface area contributed by atoms with Gasteiger partial charge in [0.15, 0.2) is 0 Å². The first kappa shape index (κ1) is 17.4. The number of fused-ring (bicyclic) bond motifs is 1. The van der Waals surface area contributed by atoms with Crippen LogP contribution in [0.15, 0.2) is 70.6 Å². The summed E-state index contributed by atoms with van der Waals surface area (Å²) in [4.78, 5) is 11.1. The average Bonchev–Trinajstić information content (AvgIpc) is 3.00. The number of hydrogen-bond donors (Lipinski definition) is 1. The Bertz CT molecular complexity index is 1070. The Morgan fingerprint density at radius 3 is 2.48 bits per heavy atom. The Kier molecular flexibility index (Phi) is 4.73. The summed E-state index contributed by atoms with van der Waals surface area (Å²) < 4.78 is 7.39. The van der Waals surface area contributed by atoms with Gasteiger partial charge in [-0.25, -0.2) is 4.98 Å². The van der Waals surface area contributed by atoms with E-state index in [4.69, 9.17) is 10.5 Å². The summed E-state index contributed by atoms with van der Waals surface area (Å²) >= 11 is 1.69. The van der Waals surface area contributed by atoms with Crippen LogP contribution >= 0.6 is 11.8 Å². The highest BCUT2D eigenvalue weighted by atomic mass is 32.2. The van der Waals surface area contributed by atoms with Crippen molar-refractivity contribution < 1.29 is 4.74 Å². The van der Waals surface area contributed by atoms with E-state index < -0.39 is 0 Å². The van der Waals surface area contributed by atoms with Crippen molar-refractivity contribution in [2.45, 2.75) is 23.3 Å². The van der Waals surface area contributed by atoms with Crippen molar-refractivity contribution in [2.75, 3.05) is 12.8 Å². The van der Waals surface area contributed by atoms with Gasteiger partial charge in [-0.2, -0.15) is 4.98 Å². The van der Waals surface area contributed by atoms with Crippen molar-refractivity contribution in [3.63, 3.8) is 0 Å². The number of aryl methyl sites for hydroxylation is 1. The highest BCUT2D eigenvalue weighted by Gasteiger charge is 2.15. The standard InChI is InChI=1S/C21H20N4OS/c1-14-19-18(27-17-10-8-16(26-2)9-11-17)13-25(20(19)24-21(22)23-14)12-15-6-4-3-5-7-15/h3-11,13H,12H2,1-2H3,(H2,22,23,24). The third-order valence-corrected chi connectivity index (χ3v) is 5.40. The van der Waals surface area contributed by atoms with Crippen LogP contribution in [-0.4, -0.2) is 21.6 Å². The fourth-order valence-corrected chi connectivity index (χ4v) is 4.14. The summed E-state index contributed by atoms with van der Waals surface area (Å²) in [6.45, 7) is 2.71. The van der Waals surface area contributed by atoms with Gasteiger partial charge < -0.3 is 15.0 Å². The highest BCUT2D eigenvalue weighted by molar-refractivity contribution is 7.99. The van der Waals surface area contributed by atoms with E-state index in [1.807, 2.05) is 37.3 Å². The molecule has 0 atom stereocenters. The molecule has 0 aliphatic rings. The van der Waals surface area contributed by atoms with Gasteiger partial charge >= 0.3 is 0 Å². The average molecular weight is 376 g/mol. The third-order valence-electron chi connectivity index (χ3n) is 4.36. The normalized spacial score (nSPS) is 11.0. The number of ether oxygens (including phenoxy) is 1. The predicted octanol–water partition coefficient (Wildman–Crippen LogP) is 4.53. The van der Waals surface area contributed by atoms with E-state index in [1.165, 1.54) is 5.56 Å². The summed E-state index contributed by atoms with van der Waals surface area (Å²) in [7, 11) is 1.67. The first-order valence-corrected chi connectivity index (χ1v) is 9.44. The van der Waals surface area contributed by atoms with Crippen LogP contribution in [0.3, 0.4) is 0 Å². The van der Waals surface area contributed by atoms with Gasteiger partial charge in [0.2, 0.25) is 5.95 Å². The minimum Gasteiger partial charge on any atom is -0.497 e. The molecule has 0 saturated carbocycles. The Morgan fingerprint density at radius 2 is 1.78 bits per heavy atom. The molecule has 2 N–H and O–H groups in total. The molecule has 0 radical (unpaired) electrons. The second-order valence-corrected chi connectivity index (χ2v) is 7.37. The van der Waals surface area contributed by atoms with Crippen molar-refractivity contribution >= 4 is 28.7 Å². The predicted molar refractivity (Wildman–Crippen MR) is 109 cm³/mol. The van der Waals surface area contributed by atoms with Crippen LogP contribution in [0.25, 0.3) is 11.0 Å². The molecule has 27 heavy (non-hydrogen) atoms. The van der Waals surface area contributed by atoms with E-state index in [-0.39, 0.29) is 0 Å². The summed E-state index contributed by atoms with van der Waals surface area (Å²) in [5, 5.41) is 1.04. The fraction of sp³-hybridized carbons (Fsp3) is 0.143. The number of nitrogens with two attached hydrogens (primary N) is 1. The van der Waals surface area contributed by atoms with Crippen LogP contribution in [0, 0.1) is 6.92 Å². The number of nitrogens with zero attached hydrogens (tertiary/aromatic N) is 3. The zero-order valence-electron chi connectivity index (χ0n) is 15.2. The molecule has 2 heterocycles. The van der Waals surface area contributed by atoms with Crippen LogP contribution in [-0.2, 0) is 6.54 Å². The molecule has 2 aromatic carbocycles. The molecule has 136 valence electrons. The smallest absolute Gasteiger partial charge is 0.222 e. The number of rotatable bonds is 5. The molecule has 0 aliphatic carbocycles. The summed E-state index contributed by atoms with van der Waals surface area (Å²) in [5.41, 5.74) is 8.89. The Morgan fingerprint density at radius 1 is 1.04 bits per heavy atom. The van der Waals surface area contributed by atoms with Crippen molar-refractivity contribution in [3.8, 4) is 5.75 Å². The molecule has 0 bridgehead atoms. The van der Waals surface area contributed by atoms with Crippen molar-refractivity contribution in [1.29, 1.82) is 0 Å². The van der Waals surface area contributed by atoms with E-state index in [0.29, 0.717) is 5.95 Å². The van der Waals surface area contributed by atoms with Crippen molar-refractivity contribution in [3.05, 3.63) is 72.1 Å². The zero-order valence-corrected chi connectivity index (χ0v) is 16.0. The van der Waals surface area contributed by atoms with E-state index >= 15 is 0 Å². The molecule has 4 rings (SSSR count). The van der Waals surface area contributed by atoms with Gasteiger partial charge in [0.25, 0.3) is 0 Å². The lowest BCUT2D eigenvalue weighted by molar-refractivity contribution is 0.414. The maximum absolute atomic E-state index is 5.92. The van der Waals surface area contributed by atoms with Gasteiger partial charge in [-0.1, -0.05) is 42.1 Å². The van der Waals surface area contributed by atoms with E-state index in [2.05, 4.69) is 45.0 Å². The lowest BCUT2D eigenvalue weighted by Gasteiger charge is -2.05. The molecule has 4 aromatic rings. The first-order chi connectivity index (χ1) is 13.1. The van der Waals surface area contributed by atoms with Crippen molar-refractivity contribution in [2.24, 2.45) is 0 Å². The molecule has 5 nitrogen and oxygen atoms in total. The lowest BCUT2D eigenvalue weighted by Crippen LogP contribution is -2.03. The monoisotopic (exact) mass is 376 g/mol. The minimum atomic E-state index is 0.299. The largest absolute Gasteiger partial charge is 0.497 e. The number of nitrogen functional groups attached to an aromatic ring is 1. The van der Waals surface area contributed by atoms with Gasteiger partial charge in [-0.05, 0) is 36.8 Å². The minimum absolute atomic E-state index is 0.299. The summed E-state index contributed by atoms with van der Waals surface area (Å²) in [6, 6.07) is 18.4.